The van der Waals surface area contributed by atoms with Crippen LogP contribution < -0.4 is 5.32 Å². The Kier molecular flexibility index (Phi) is 7.17. The van der Waals surface area contributed by atoms with E-state index in [4.69, 9.17) is 9.47 Å². The molecule has 1 aromatic heterocycles. The molecule has 0 aliphatic carbocycles. The van der Waals surface area contributed by atoms with Gasteiger partial charge in [0.1, 0.15) is 23.3 Å². The molecule has 2 fully saturated rings. The molecule has 4 heterocycles. The fraction of sp³-hybridized carbons (Fsp3) is 0.593. The minimum Gasteiger partial charge on any atom is -0.444 e. The highest BCUT2D eigenvalue weighted by Gasteiger charge is 2.41. The van der Waals surface area contributed by atoms with Gasteiger partial charge in [-0.2, -0.15) is 0 Å². The Morgan fingerprint density at radius 1 is 1.16 bits per heavy atom. The normalized spacial score (nSPS) is 23.9. The summed E-state index contributed by atoms with van der Waals surface area (Å²) < 4.78 is 42.1. The number of hydrogen-bond donors (Lipinski definition) is 1. The van der Waals surface area contributed by atoms with Gasteiger partial charge in [-0.25, -0.2) is 18.6 Å². The SMILES string of the molecule is Cn1c(C(=O)N2CCCC2)nc2c1CN(C1CO[C@H](c3cc(F)ccc3F)[C@@H](NC(=O)OC(C)(C)C)C1)C2. The highest BCUT2D eigenvalue weighted by molar-refractivity contribution is 5.91. The number of aromatic nitrogens is 2. The second-order valence-corrected chi connectivity index (χ2v) is 11.4. The van der Waals surface area contributed by atoms with Crippen LogP contribution in [-0.4, -0.2) is 68.7 Å². The van der Waals surface area contributed by atoms with Crippen LogP contribution in [0.4, 0.5) is 13.6 Å². The Morgan fingerprint density at radius 2 is 1.89 bits per heavy atom. The largest absolute Gasteiger partial charge is 0.444 e. The lowest BCUT2D eigenvalue weighted by molar-refractivity contribution is -0.0630. The van der Waals surface area contributed by atoms with Crippen molar-refractivity contribution in [3.05, 3.63) is 52.6 Å². The number of nitrogens with zero attached hydrogens (tertiary/aromatic N) is 4. The monoisotopic (exact) mass is 531 g/mol. The van der Waals surface area contributed by atoms with Crippen LogP contribution in [0.1, 0.15) is 73.7 Å². The van der Waals surface area contributed by atoms with Crippen LogP contribution in [0.3, 0.4) is 0 Å². The molecular weight excluding hydrogens is 496 g/mol. The first-order chi connectivity index (χ1) is 18.0. The molecule has 206 valence electrons. The van der Waals surface area contributed by atoms with Gasteiger partial charge in [-0.15, -0.1) is 0 Å². The zero-order valence-corrected chi connectivity index (χ0v) is 22.3. The molecule has 0 spiro atoms. The lowest BCUT2D eigenvalue weighted by atomic mass is 9.92. The van der Waals surface area contributed by atoms with Gasteiger partial charge in [0.25, 0.3) is 5.91 Å². The van der Waals surface area contributed by atoms with Crippen molar-refractivity contribution < 1.29 is 27.8 Å². The molecule has 1 N–H and O–H groups in total. The molecule has 2 aromatic rings. The fourth-order valence-corrected chi connectivity index (χ4v) is 5.57. The van der Waals surface area contributed by atoms with E-state index in [1.807, 2.05) is 16.5 Å². The summed E-state index contributed by atoms with van der Waals surface area (Å²) in [6.07, 6.45) is 0.953. The lowest BCUT2D eigenvalue weighted by Crippen LogP contribution is -2.52. The van der Waals surface area contributed by atoms with E-state index in [1.54, 1.807) is 20.8 Å². The van der Waals surface area contributed by atoms with Crippen molar-refractivity contribution >= 4 is 12.0 Å². The quantitative estimate of drug-likeness (QED) is 0.648. The van der Waals surface area contributed by atoms with Crippen LogP contribution >= 0.6 is 0 Å². The molecule has 2 amide bonds. The van der Waals surface area contributed by atoms with E-state index >= 15 is 0 Å². The second kappa shape index (κ2) is 10.3. The number of likely N-dealkylation sites (tertiary alicyclic amines) is 1. The first-order valence-electron chi connectivity index (χ1n) is 13.1. The third-order valence-electron chi connectivity index (χ3n) is 7.43. The number of carbonyl (C=O) groups excluding carboxylic acids is 2. The number of amides is 2. The van der Waals surface area contributed by atoms with Crippen LogP contribution in [0.2, 0.25) is 0 Å². The number of hydrogen-bond acceptors (Lipinski definition) is 6. The van der Waals surface area contributed by atoms with Gasteiger partial charge < -0.3 is 24.3 Å². The fourth-order valence-electron chi connectivity index (χ4n) is 5.57. The topological polar surface area (TPSA) is 88.9 Å². The average Bonchev–Trinajstić information content (AvgIpc) is 3.58. The van der Waals surface area contributed by atoms with Gasteiger partial charge in [-0.1, -0.05) is 0 Å². The maximum Gasteiger partial charge on any atom is 0.407 e. The van der Waals surface area contributed by atoms with Crippen LogP contribution in [0.5, 0.6) is 0 Å². The van der Waals surface area contributed by atoms with E-state index in [1.165, 1.54) is 0 Å². The van der Waals surface area contributed by atoms with Crippen molar-refractivity contribution in [2.45, 2.75) is 76.9 Å². The van der Waals surface area contributed by atoms with Crippen molar-refractivity contribution in [1.82, 2.24) is 24.7 Å². The van der Waals surface area contributed by atoms with Crippen LogP contribution in [0.25, 0.3) is 0 Å². The molecule has 3 atom stereocenters. The summed E-state index contributed by atoms with van der Waals surface area (Å²) in [5.74, 6) is -0.751. The number of benzene rings is 1. The third-order valence-corrected chi connectivity index (χ3v) is 7.43. The van der Waals surface area contributed by atoms with Gasteiger partial charge in [0.15, 0.2) is 5.82 Å². The maximum absolute atomic E-state index is 14.7. The van der Waals surface area contributed by atoms with Gasteiger partial charge in [0, 0.05) is 44.8 Å². The van der Waals surface area contributed by atoms with E-state index in [2.05, 4.69) is 15.2 Å². The molecular formula is C27H35F2N5O4. The molecule has 9 nitrogen and oxygen atoms in total. The summed E-state index contributed by atoms with van der Waals surface area (Å²) in [6.45, 7) is 8.17. The Balaban J connectivity index is 1.32. The molecule has 0 radical (unpaired) electrons. The van der Waals surface area contributed by atoms with E-state index in [-0.39, 0.29) is 24.1 Å². The smallest absolute Gasteiger partial charge is 0.407 e. The van der Waals surface area contributed by atoms with Crippen molar-refractivity contribution in [3.8, 4) is 0 Å². The van der Waals surface area contributed by atoms with E-state index in [0.717, 1.165) is 55.5 Å². The zero-order chi connectivity index (χ0) is 27.2. The molecule has 38 heavy (non-hydrogen) atoms. The van der Waals surface area contributed by atoms with Gasteiger partial charge in [0.2, 0.25) is 0 Å². The number of fused-ring (bicyclic) bond motifs is 1. The van der Waals surface area contributed by atoms with Crippen molar-refractivity contribution in [3.63, 3.8) is 0 Å². The summed E-state index contributed by atoms with van der Waals surface area (Å²) in [4.78, 5) is 34.3. The third kappa shape index (κ3) is 5.40. The van der Waals surface area contributed by atoms with Crippen molar-refractivity contribution in [2.24, 2.45) is 7.05 Å². The molecule has 0 bridgehead atoms. The minimum absolute atomic E-state index is 0.0338. The van der Waals surface area contributed by atoms with E-state index < -0.39 is 35.5 Å². The summed E-state index contributed by atoms with van der Waals surface area (Å²) in [5, 5.41) is 2.83. The second-order valence-electron chi connectivity index (χ2n) is 11.4. The van der Waals surface area contributed by atoms with E-state index in [9.17, 15) is 18.4 Å². The maximum atomic E-state index is 14.7. The molecule has 11 heteroatoms. The predicted octanol–water partition coefficient (Wildman–Crippen LogP) is 3.67. The minimum atomic E-state index is -0.873. The number of carbonyl (C=O) groups is 2. The first kappa shape index (κ1) is 26.6. The number of imidazole rings is 1. The lowest BCUT2D eigenvalue weighted by Gasteiger charge is -2.40. The Labute approximate surface area is 221 Å². The van der Waals surface area contributed by atoms with E-state index in [0.29, 0.717) is 25.3 Å². The van der Waals surface area contributed by atoms with Crippen molar-refractivity contribution in [2.75, 3.05) is 19.7 Å². The average molecular weight is 532 g/mol. The molecule has 5 rings (SSSR count). The Hall–Kier alpha value is -3.05. The van der Waals surface area contributed by atoms with Gasteiger partial charge in [-0.3, -0.25) is 9.69 Å². The summed E-state index contributed by atoms with van der Waals surface area (Å²) in [7, 11) is 1.87. The van der Waals surface area contributed by atoms with Crippen LogP contribution in [0.15, 0.2) is 18.2 Å². The summed E-state index contributed by atoms with van der Waals surface area (Å²) in [5.41, 5.74) is 1.17. The zero-order valence-electron chi connectivity index (χ0n) is 22.3. The van der Waals surface area contributed by atoms with Crippen LogP contribution in [0, 0.1) is 11.6 Å². The molecule has 3 aliphatic rings. The molecule has 2 saturated heterocycles. The summed E-state index contributed by atoms with van der Waals surface area (Å²) in [6, 6.07) is 2.46. The molecule has 0 saturated carbocycles. The first-order valence-corrected chi connectivity index (χ1v) is 13.1. The predicted molar refractivity (Wildman–Crippen MR) is 134 cm³/mol. The highest BCUT2D eigenvalue weighted by Crippen LogP contribution is 2.35. The van der Waals surface area contributed by atoms with Crippen molar-refractivity contribution in [1.29, 1.82) is 0 Å². The number of ether oxygens (including phenoxy) is 2. The molecule has 3 aliphatic heterocycles. The van der Waals surface area contributed by atoms with Gasteiger partial charge in [0.05, 0.1) is 24.0 Å². The standard InChI is InChI=1S/C27H35F2N5O4/c1-27(2,3)38-26(36)31-20-12-17(15-37-23(20)18-11-16(28)7-8-19(18)29)34-13-21-22(14-34)32(4)24(30-21)25(35)33-9-5-6-10-33/h7-8,11,17,20,23H,5-6,9-10,12-15H2,1-4H3,(H,31,36)/t17?,20-,23+/m0/s1. The number of halogens is 2. The molecule has 1 aromatic carbocycles. The Morgan fingerprint density at radius 3 is 2.58 bits per heavy atom. The van der Waals surface area contributed by atoms with Gasteiger partial charge >= 0.3 is 6.09 Å². The van der Waals surface area contributed by atoms with Gasteiger partial charge in [-0.05, 0) is 58.2 Å². The highest BCUT2D eigenvalue weighted by atomic mass is 19.1. The molecule has 1 unspecified atom stereocenters. The number of rotatable bonds is 4. The number of nitrogens with one attached hydrogen (secondary N) is 1. The summed E-state index contributed by atoms with van der Waals surface area (Å²) >= 11 is 0. The Bertz CT molecular complexity index is 1220. The number of alkyl carbamates (subject to hydrolysis) is 1. The van der Waals surface area contributed by atoms with Crippen LogP contribution in [-0.2, 0) is 29.6 Å².